The van der Waals surface area contributed by atoms with Crippen molar-refractivity contribution >= 4 is 27.4 Å². The average Bonchev–Trinajstić information content (AvgIpc) is 2.94. The van der Waals surface area contributed by atoms with Crippen LogP contribution in [0, 0.1) is 0 Å². The van der Waals surface area contributed by atoms with Crippen LogP contribution in [0.3, 0.4) is 0 Å². The maximum atomic E-state index is 12.1. The van der Waals surface area contributed by atoms with Crippen LogP contribution in [-0.2, 0) is 14.9 Å². The molecule has 0 aliphatic carbocycles. The lowest BCUT2D eigenvalue weighted by Crippen LogP contribution is -2.19. The van der Waals surface area contributed by atoms with Crippen LogP contribution in [0.25, 0.3) is 0 Å². The van der Waals surface area contributed by atoms with Gasteiger partial charge in [-0.05, 0) is 37.1 Å². The van der Waals surface area contributed by atoms with E-state index >= 15 is 0 Å². The zero-order valence-electron chi connectivity index (χ0n) is 14.6. The Bertz CT molecular complexity index is 711. The van der Waals surface area contributed by atoms with E-state index in [4.69, 9.17) is 4.55 Å². The highest BCUT2D eigenvalue weighted by Gasteiger charge is 2.25. The van der Waals surface area contributed by atoms with E-state index in [1.54, 1.807) is 0 Å². The van der Waals surface area contributed by atoms with Crippen LogP contribution in [0.15, 0.2) is 34.3 Å². The molecule has 0 radical (unpaired) electrons. The molecule has 0 fully saturated rings. The second-order valence-electron chi connectivity index (χ2n) is 6.39. The van der Waals surface area contributed by atoms with Crippen molar-refractivity contribution in [2.24, 2.45) is 5.10 Å². The van der Waals surface area contributed by atoms with Crippen LogP contribution in [-0.4, -0.2) is 24.6 Å². The molecule has 1 aromatic carbocycles. The SMILES string of the molecule is CCCCCCCCCC1=NN(c2ccc(S(=O)(=O)O)cc2)C(=O)C1. The van der Waals surface area contributed by atoms with Gasteiger partial charge in [0.15, 0.2) is 0 Å². The van der Waals surface area contributed by atoms with Gasteiger partial charge in [-0.25, -0.2) is 5.01 Å². The van der Waals surface area contributed by atoms with Crippen LogP contribution in [0.2, 0.25) is 0 Å². The predicted octanol–water partition coefficient (Wildman–Crippen LogP) is 4.17. The van der Waals surface area contributed by atoms with Gasteiger partial charge in [-0.1, -0.05) is 45.4 Å². The second-order valence-corrected chi connectivity index (χ2v) is 7.81. The molecular formula is C18H26N2O4S. The summed E-state index contributed by atoms with van der Waals surface area (Å²) in [6, 6.07) is 5.48. The molecule has 0 saturated heterocycles. The van der Waals surface area contributed by atoms with Crippen molar-refractivity contribution in [1.29, 1.82) is 0 Å². The van der Waals surface area contributed by atoms with Crippen LogP contribution in [0.4, 0.5) is 5.69 Å². The molecule has 0 atom stereocenters. The monoisotopic (exact) mass is 366 g/mol. The minimum absolute atomic E-state index is 0.113. The summed E-state index contributed by atoms with van der Waals surface area (Å²) >= 11 is 0. The number of hydrogen-bond donors (Lipinski definition) is 1. The summed E-state index contributed by atoms with van der Waals surface area (Å²) in [5, 5.41) is 5.68. The van der Waals surface area contributed by atoms with Gasteiger partial charge in [-0.3, -0.25) is 9.35 Å². The summed E-state index contributed by atoms with van der Waals surface area (Å²) in [6.07, 6.45) is 9.66. The first-order chi connectivity index (χ1) is 11.9. The number of carbonyl (C=O) groups excluding carboxylic acids is 1. The Morgan fingerprint density at radius 2 is 1.64 bits per heavy atom. The predicted molar refractivity (Wildman–Crippen MR) is 98.4 cm³/mol. The first kappa shape index (κ1) is 19.6. The van der Waals surface area contributed by atoms with Gasteiger partial charge in [0.05, 0.1) is 17.0 Å². The highest BCUT2D eigenvalue weighted by atomic mass is 32.2. The molecule has 0 aromatic heterocycles. The number of amides is 1. The quantitative estimate of drug-likeness (QED) is 0.497. The maximum Gasteiger partial charge on any atom is 0.294 e. The number of nitrogens with zero attached hydrogens (tertiary/aromatic N) is 2. The normalized spacial score (nSPS) is 14.9. The summed E-state index contributed by atoms with van der Waals surface area (Å²) in [5.74, 6) is -0.113. The molecule has 0 spiro atoms. The summed E-state index contributed by atoms with van der Waals surface area (Å²) < 4.78 is 31.1. The van der Waals surface area contributed by atoms with Crippen LogP contribution in [0.5, 0.6) is 0 Å². The van der Waals surface area contributed by atoms with Crippen molar-refractivity contribution in [1.82, 2.24) is 0 Å². The average molecular weight is 366 g/mol. The molecule has 1 N–H and O–H groups in total. The summed E-state index contributed by atoms with van der Waals surface area (Å²) in [5.41, 5.74) is 1.38. The highest BCUT2D eigenvalue weighted by molar-refractivity contribution is 7.85. The van der Waals surface area contributed by atoms with E-state index in [2.05, 4.69) is 12.0 Å². The molecule has 25 heavy (non-hydrogen) atoms. The molecule has 138 valence electrons. The molecule has 1 heterocycles. The first-order valence-electron chi connectivity index (χ1n) is 8.88. The van der Waals surface area contributed by atoms with E-state index in [1.165, 1.54) is 61.4 Å². The summed E-state index contributed by atoms with van der Waals surface area (Å²) in [7, 11) is -4.23. The van der Waals surface area contributed by atoms with E-state index < -0.39 is 10.1 Å². The van der Waals surface area contributed by atoms with E-state index in [-0.39, 0.29) is 10.8 Å². The smallest absolute Gasteiger partial charge is 0.282 e. The zero-order chi connectivity index (χ0) is 18.3. The number of hydrogen-bond acceptors (Lipinski definition) is 4. The van der Waals surface area contributed by atoms with E-state index in [0.717, 1.165) is 25.0 Å². The van der Waals surface area contributed by atoms with E-state index in [0.29, 0.717) is 12.1 Å². The summed E-state index contributed by atoms with van der Waals surface area (Å²) in [4.78, 5) is 11.9. The molecule has 7 heteroatoms. The third kappa shape index (κ3) is 5.93. The molecule has 0 unspecified atom stereocenters. The topological polar surface area (TPSA) is 87.0 Å². The van der Waals surface area contributed by atoms with Gasteiger partial charge < -0.3 is 0 Å². The van der Waals surface area contributed by atoms with Crippen LogP contribution < -0.4 is 5.01 Å². The fourth-order valence-corrected chi connectivity index (χ4v) is 3.35. The number of benzene rings is 1. The molecule has 1 aromatic rings. The van der Waals surface area contributed by atoms with Gasteiger partial charge in [0, 0.05) is 5.71 Å². The standard InChI is InChI=1S/C18H26N2O4S/c1-2-3-4-5-6-7-8-9-15-14-18(21)20(19-15)16-10-12-17(13-11-16)25(22,23)24/h10-13H,2-9,14H2,1H3,(H,22,23,24). The Kier molecular flexibility index (Phi) is 7.13. The van der Waals surface area contributed by atoms with E-state index in [1.807, 2.05) is 0 Å². The van der Waals surface area contributed by atoms with Crippen molar-refractivity contribution in [2.75, 3.05) is 5.01 Å². The molecule has 1 aliphatic heterocycles. The van der Waals surface area contributed by atoms with Crippen molar-refractivity contribution in [3.8, 4) is 0 Å². The number of anilines is 1. The van der Waals surface area contributed by atoms with Gasteiger partial charge in [0.2, 0.25) is 0 Å². The maximum absolute atomic E-state index is 12.1. The van der Waals surface area contributed by atoms with Crippen molar-refractivity contribution < 1.29 is 17.8 Å². The fraction of sp³-hybridized carbons (Fsp3) is 0.556. The Labute approximate surface area is 149 Å². The van der Waals surface area contributed by atoms with Gasteiger partial charge in [-0.15, -0.1) is 0 Å². The number of rotatable bonds is 10. The van der Waals surface area contributed by atoms with Gasteiger partial charge in [0.25, 0.3) is 16.0 Å². The first-order valence-corrected chi connectivity index (χ1v) is 10.3. The Morgan fingerprint density at radius 3 is 2.24 bits per heavy atom. The third-order valence-electron chi connectivity index (χ3n) is 4.28. The second kappa shape index (κ2) is 9.10. The molecule has 0 saturated carbocycles. The Morgan fingerprint density at radius 1 is 1.04 bits per heavy atom. The third-order valence-corrected chi connectivity index (χ3v) is 5.15. The van der Waals surface area contributed by atoms with Gasteiger partial charge in [-0.2, -0.15) is 13.5 Å². The largest absolute Gasteiger partial charge is 0.294 e. The number of unbranched alkanes of at least 4 members (excludes halogenated alkanes) is 6. The van der Waals surface area contributed by atoms with Crippen LogP contribution in [0.1, 0.15) is 64.7 Å². The number of carbonyl (C=O) groups is 1. The molecule has 2 rings (SSSR count). The summed E-state index contributed by atoms with van der Waals surface area (Å²) in [6.45, 7) is 2.21. The van der Waals surface area contributed by atoms with E-state index in [9.17, 15) is 13.2 Å². The van der Waals surface area contributed by atoms with Crippen molar-refractivity contribution in [2.45, 2.75) is 69.6 Å². The zero-order valence-corrected chi connectivity index (χ0v) is 15.5. The minimum Gasteiger partial charge on any atom is -0.282 e. The molecule has 0 bridgehead atoms. The fourth-order valence-electron chi connectivity index (χ4n) is 2.87. The van der Waals surface area contributed by atoms with Gasteiger partial charge in [0.1, 0.15) is 0 Å². The minimum atomic E-state index is -4.23. The molecule has 1 amide bonds. The Balaban J connectivity index is 1.85. The van der Waals surface area contributed by atoms with Crippen molar-refractivity contribution in [3.63, 3.8) is 0 Å². The molecular weight excluding hydrogens is 340 g/mol. The van der Waals surface area contributed by atoms with Crippen molar-refractivity contribution in [3.05, 3.63) is 24.3 Å². The Hall–Kier alpha value is -1.73. The lowest BCUT2D eigenvalue weighted by Gasteiger charge is -2.11. The highest BCUT2D eigenvalue weighted by Crippen LogP contribution is 2.24. The number of hydrazone groups is 1. The molecule has 6 nitrogen and oxygen atoms in total. The lowest BCUT2D eigenvalue weighted by atomic mass is 10.1. The lowest BCUT2D eigenvalue weighted by molar-refractivity contribution is -0.116. The van der Waals surface area contributed by atoms with Gasteiger partial charge >= 0.3 is 0 Å². The van der Waals surface area contributed by atoms with Crippen LogP contribution >= 0.6 is 0 Å². The molecule has 1 aliphatic rings.